The number of ether oxygens (including phenoxy) is 2. The molecule has 0 aromatic carbocycles. The highest BCUT2D eigenvalue weighted by Gasteiger charge is 2.68. The summed E-state index contributed by atoms with van der Waals surface area (Å²) < 4.78 is 11.5. The fourth-order valence-corrected chi connectivity index (χ4v) is 8.27. The van der Waals surface area contributed by atoms with E-state index in [1.165, 1.54) is 57.8 Å². The summed E-state index contributed by atoms with van der Waals surface area (Å²) in [5.74, 6) is 2.89. The number of hydrogen-bond donors (Lipinski definition) is 0. The summed E-state index contributed by atoms with van der Waals surface area (Å²) in [6, 6.07) is 0. The second-order valence-corrected chi connectivity index (χ2v) is 10.5. The van der Waals surface area contributed by atoms with Crippen molar-refractivity contribution in [3.63, 3.8) is 0 Å². The van der Waals surface area contributed by atoms with Crippen molar-refractivity contribution in [3.05, 3.63) is 12.2 Å². The molecule has 0 saturated heterocycles. The number of rotatable bonds is 5. The summed E-state index contributed by atoms with van der Waals surface area (Å²) in [6.07, 6.45) is 12.7. The van der Waals surface area contributed by atoms with Crippen molar-refractivity contribution in [2.24, 2.45) is 35.0 Å². The van der Waals surface area contributed by atoms with Gasteiger partial charge in [0.05, 0.1) is 0 Å². The number of fused-ring (bicyclic) bond motifs is 2. The molecule has 6 aliphatic rings. The predicted octanol–water partition coefficient (Wildman–Crippen LogP) is 4.42. The van der Waals surface area contributed by atoms with Crippen LogP contribution in [0.2, 0.25) is 0 Å². The normalized spacial score (nSPS) is 46.5. The van der Waals surface area contributed by atoms with E-state index in [-0.39, 0.29) is 23.6 Å². The van der Waals surface area contributed by atoms with Crippen molar-refractivity contribution >= 4 is 11.9 Å². The lowest BCUT2D eigenvalue weighted by Gasteiger charge is -2.64. The van der Waals surface area contributed by atoms with Gasteiger partial charge in [-0.2, -0.15) is 0 Å². The summed E-state index contributed by atoms with van der Waals surface area (Å²) >= 11 is 0. The first-order chi connectivity index (χ1) is 12.9. The van der Waals surface area contributed by atoms with Gasteiger partial charge in [0.1, 0.15) is 5.60 Å². The standard InChI is InChI=1S/C23H32O4/c1-14(2)21(25)26-13-20(24)27-23(12-15-3-4-19(23)8-15)22-9-16-5-17(10-22)7-18(6-16)11-22/h15-19H,1,3-13H2,2H3. The van der Waals surface area contributed by atoms with E-state index in [0.29, 0.717) is 17.4 Å². The van der Waals surface area contributed by atoms with Crippen LogP contribution in [0.3, 0.4) is 0 Å². The van der Waals surface area contributed by atoms with E-state index in [1.54, 1.807) is 6.92 Å². The molecule has 0 radical (unpaired) electrons. The highest BCUT2D eigenvalue weighted by atomic mass is 16.6. The molecule has 0 aliphatic heterocycles. The Labute approximate surface area is 162 Å². The average molecular weight is 373 g/mol. The molecule has 6 bridgehead atoms. The first kappa shape index (κ1) is 17.8. The Balaban J connectivity index is 1.39. The molecule has 0 aromatic heterocycles. The first-order valence-electron chi connectivity index (χ1n) is 10.9. The van der Waals surface area contributed by atoms with Crippen molar-refractivity contribution in [3.8, 4) is 0 Å². The Bertz CT molecular complexity index is 645. The van der Waals surface area contributed by atoms with E-state index >= 15 is 0 Å². The predicted molar refractivity (Wildman–Crippen MR) is 101 cm³/mol. The van der Waals surface area contributed by atoms with Crippen molar-refractivity contribution in [1.82, 2.24) is 0 Å². The minimum atomic E-state index is -0.510. The zero-order valence-corrected chi connectivity index (χ0v) is 16.5. The first-order valence-corrected chi connectivity index (χ1v) is 10.9. The van der Waals surface area contributed by atoms with Crippen LogP contribution in [0.25, 0.3) is 0 Å². The molecule has 6 rings (SSSR count). The van der Waals surface area contributed by atoms with Gasteiger partial charge in [0.25, 0.3) is 0 Å². The van der Waals surface area contributed by atoms with E-state index < -0.39 is 5.97 Å². The molecule has 0 spiro atoms. The van der Waals surface area contributed by atoms with Gasteiger partial charge in [-0.05, 0) is 101 Å². The molecule has 4 heteroatoms. The van der Waals surface area contributed by atoms with Gasteiger partial charge < -0.3 is 9.47 Å². The zero-order chi connectivity index (χ0) is 18.8. The third-order valence-corrected chi connectivity index (χ3v) is 8.69. The summed E-state index contributed by atoms with van der Waals surface area (Å²) in [7, 11) is 0. The SMILES string of the molecule is C=C(C)C(=O)OCC(=O)OC1(C23CC4CC(CC(C4)C2)C3)CC2CCC1C2. The number of carbonyl (C=O) groups is 2. The monoisotopic (exact) mass is 372 g/mol. The van der Waals surface area contributed by atoms with Crippen LogP contribution in [0.1, 0.15) is 71.1 Å². The summed E-state index contributed by atoms with van der Waals surface area (Å²) in [5.41, 5.74) is 0.215. The third-order valence-electron chi connectivity index (χ3n) is 8.69. The van der Waals surface area contributed by atoms with Gasteiger partial charge in [-0.25, -0.2) is 9.59 Å². The molecular formula is C23H32O4. The van der Waals surface area contributed by atoms with Crippen molar-refractivity contribution in [2.75, 3.05) is 6.61 Å². The molecule has 148 valence electrons. The minimum absolute atomic E-state index is 0.190. The van der Waals surface area contributed by atoms with Gasteiger partial charge >= 0.3 is 11.9 Å². The van der Waals surface area contributed by atoms with Gasteiger partial charge in [-0.3, -0.25) is 0 Å². The lowest BCUT2D eigenvalue weighted by atomic mass is 9.43. The number of carbonyl (C=O) groups excluding carboxylic acids is 2. The third kappa shape index (κ3) is 2.69. The maximum Gasteiger partial charge on any atom is 0.344 e. The average Bonchev–Trinajstić information content (AvgIpc) is 3.20. The van der Waals surface area contributed by atoms with Gasteiger partial charge in [0, 0.05) is 11.0 Å². The van der Waals surface area contributed by atoms with Gasteiger partial charge in [0.15, 0.2) is 6.61 Å². The molecule has 3 atom stereocenters. The Kier molecular flexibility index (Phi) is 4.00. The topological polar surface area (TPSA) is 52.6 Å². The fourth-order valence-electron chi connectivity index (χ4n) is 8.27. The van der Waals surface area contributed by atoms with Crippen molar-refractivity contribution in [2.45, 2.75) is 76.7 Å². The molecular weight excluding hydrogens is 340 g/mol. The molecule has 0 N–H and O–H groups in total. The fraction of sp³-hybridized carbons (Fsp3) is 0.826. The van der Waals surface area contributed by atoms with Crippen LogP contribution < -0.4 is 0 Å². The quantitative estimate of drug-likeness (QED) is 0.529. The smallest absolute Gasteiger partial charge is 0.344 e. The van der Waals surface area contributed by atoms with Crippen LogP contribution >= 0.6 is 0 Å². The van der Waals surface area contributed by atoms with E-state index in [0.717, 1.165) is 24.2 Å². The van der Waals surface area contributed by atoms with Crippen LogP contribution in [0.15, 0.2) is 12.2 Å². The minimum Gasteiger partial charge on any atom is -0.456 e. The van der Waals surface area contributed by atoms with E-state index in [9.17, 15) is 9.59 Å². The molecule has 0 amide bonds. The van der Waals surface area contributed by atoms with E-state index in [1.807, 2.05) is 0 Å². The molecule has 0 heterocycles. The zero-order valence-electron chi connectivity index (χ0n) is 16.5. The molecule has 6 fully saturated rings. The molecule has 27 heavy (non-hydrogen) atoms. The lowest BCUT2D eigenvalue weighted by Crippen LogP contribution is -2.62. The molecule has 3 unspecified atom stereocenters. The summed E-state index contributed by atoms with van der Waals surface area (Å²) in [4.78, 5) is 24.5. The second kappa shape index (κ2) is 6.09. The Hall–Kier alpha value is -1.32. The molecule has 4 nitrogen and oxygen atoms in total. The van der Waals surface area contributed by atoms with Gasteiger partial charge in [-0.15, -0.1) is 0 Å². The van der Waals surface area contributed by atoms with Gasteiger partial charge in [-0.1, -0.05) is 6.58 Å². The second-order valence-electron chi connectivity index (χ2n) is 10.5. The largest absolute Gasteiger partial charge is 0.456 e. The van der Waals surface area contributed by atoms with Crippen LogP contribution in [-0.2, 0) is 19.1 Å². The number of hydrogen-bond acceptors (Lipinski definition) is 4. The summed E-state index contributed by atoms with van der Waals surface area (Å²) in [5, 5.41) is 0. The molecule has 6 saturated carbocycles. The van der Waals surface area contributed by atoms with Gasteiger partial charge in [0.2, 0.25) is 0 Å². The maximum absolute atomic E-state index is 12.8. The lowest BCUT2D eigenvalue weighted by molar-refractivity contribution is -0.227. The number of esters is 2. The summed E-state index contributed by atoms with van der Waals surface area (Å²) in [6.45, 7) is 4.90. The van der Waals surface area contributed by atoms with Crippen molar-refractivity contribution < 1.29 is 19.1 Å². The van der Waals surface area contributed by atoms with Crippen LogP contribution in [-0.4, -0.2) is 24.1 Å². The van der Waals surface area contributed by atoms with E-state index in [4.69, 9.17) is 9.47 Å². The van der Waals surface area contributed by atoms with E-state index in [2.05, 4.69) is 6.58 Å². The Morgan fingerprint density at radius 3 is 2.04 bits per heavy atom. The van der Waals surface area contributed by atoms with Crippen LogP contribution in [0.4, 0.5) is 0 Å². The van der Waals surface area contributed by atoms with Crippen LogP contribution in [0, 0.1) is 35.0 Å². The van der Waals surface area contributed by atoms with Crippen molar-refractivity contribution in [1.29, 1.82) is 0 Å². The molecule has 0 aromatic rings. The van der Waals surface area contributed by atoms with Crippen LogP contribution in [0.5, 0.6) is 0 Å². The Morgan fingerprint density at radius 2 is 1.56 bits per heavy atom. The molecule has 6 aliphatic carbocycles. The Morgan fingerprint density at radius 1 is 0.926 bits per heavy atom. The maximum atomic E-state index is 12.8. The highest BCUT2D eigenvalue weighted by Crippen LogP contribution is 2.71. The highest BCUT2D eigenvalue weighted by molar-refractivity contribution is 5.88.